The van der Waals surface area contributed by atoms with E-state index < -0.39 is 0 Å². The zero-order valence-corrected chi connectivity index (χ0v) is 11.3. The molecule has 0 saturated carbocycles. The lowest BCUT2D eigenvalue weighted by atomic mass is 10.2. The Morgan fingerprint density at radius 2 is 2.10 bits per heavy atom. The maximum absolute atomic E-state index is 6.28. The van der Waals surface area contributed by atoms with Gasteiger partial charge in [0.2, 0.25) is 0 Å². The molecular weight excluding hydrogens is 274 g/mol. The normalized spacial score (nSPS) is 10.4. The van der Waals surface area contributed by atoms with Gasteiger partial charge in [-0.05, 0) is 24.3 Å². The molecule has 20 heavy (non-hydrogen) atoms. The number of anilines is 1. The first kappa shape index (κ1) is 12.6. The highest BCUT2D eigenvalue weighted by Gasteiger charge is 2.09. The van der Waals surface area contributed by atoms with Gasteiger partial charge in [-0.25, -0.2) is 14.6 Å². The van der Waals surface area contributed by atoms with Crippen LogP contribution in [0.3, 0.4) is 0 Å². The standard InChI is InChI=1S/C14H12ClN5/c15-12-3-1-4-13(14(12)20-8-2-6-19-20)17-9-11-5-7-16-10-18-11/h1-8,10,17H,9H2. The minimum absolute atomic E-state index is 0.594. The van der Waals surface area contributed by atoms with Gasteiger partial charge in [-0.1, -0.05) is 17.7 Å². The van der Waals surface area contributed by atoms with Crippen molar-refractivity contribution >= 4 is 17.3 Å². The highest BCUT2D eigenvalue weighted by Crippen LogP contribution is 2.28. The second-order valence-corrected chi connectivity index (χ2v) is 4.55. The lowest BCUT2D eigenvalue weighted by Gasteiger charge is -2.13. The zero-order valence-electron chi connectivity index (χ0n) is 10.6. The van der Waals surface area contributed by atoms with Crippen LogP contribution >= 0.6 is 11.6 Å². The Hall–Kier alpha value is -2.40. The van der Waals surface area contributed by atoms with Crippen molar-refractivity contribution in [2.45, 2.75) is 6.54 Å². The van der Waals surface area contributed by atoms with Crippen LogP contribution in [0.2, 0.25) is 5.02 Å². The van der Waals surface area contributed by atoms with E-state index in [1.54, 1.807) is 17.1 Å². The first-order valence-corrected chi connectivity index (χ1v) is 6.49. The third-order valence-electron chi connectivity index (χ3n) is 2.82. The third kappa shape index (κ3) is 2.62. The van der Waals surface area contributed by atoms with Crippen molar-refractivity contribution in [3.8, 4) is 5.69 Å². The summed E-state index contributed by atoms with van der Waals surface area (Å²) in [6.45, 7) is 0.594. The van der Waals surface area contributed by atoms with Gasteiger partial charge >= 0.3 is 0 Å². The molecule has 2 aromatic heterocycles. The summed E-state index contributed by atoms with van der Waals surface area (Å²) in [6, 6.07) is 9.43. The van der Waals surface area contributed by atoms with Gasteiger partial charge in [-0.3, -0.25) is 0 Å². The van der Waals surface area contributed by atoms with Crippen molar-refractivity contribution in [2.75, 3.05) is 5.32 Å². The fourth-order valence-corrected chi connectivity index (χ4v) is 2.16. The molecule has 3 aromatic rings. The van der Waals surface area contributed by atoms with Crippen LogP contribution in [0.5, 0.6) is 0 Å². The molecule has 0 radical (unpaired) electrons. The van der Waals surface area contributed by atoms with Crippen molar-refractivity contribution in [2.24, 2.45) is 0 Å². The van der Waals surface area contributed by atoms with Crippen LogP contribution in [0, 0.1) is 0 Å². The summed E-state index contributed by atoms with van der Waals surface area (Å²) in [5.74, 6) is 0. The minimum atomic E-state index is 0.594. The van der Waals surface area contributed by atoms with E-state index in [1.807, 2.05) is 36.5 Å². The SMILES string of the molecule is Clc1cccc(NCc2ccncn2)c1-n1cccn1. The Kier molecular flexibility index (Phi) is 3.60. The molecule has 0 aliphatic carbocycles. The Labute approximate surface area is 121 Å². The maximum Gasteiger partial charge on any atom is 0.115 e. The molecule has 0 atom stereocenters. The Morgan fingerprint density at radius 1 is 1.15 bits per heavy atom. The third-order valence-corrected chi connectivity index (χ3v) is 3.13. The predicted octanol–water partition coefficient (Wildman–Crippen LogP) is 2.93. The number of hydrogen-bond acceptors (Lipinski definition) is 4. The summed E-state index contributed by atoms with van der Waals surface area (Å²) in [7, 11) is 0. The fraction of sp³-hybridized carbons (Fsp3) is 0.0714. The number of benzene rings is 1. The van der Waals surface area contributed by atoms with Gasteiger partial charge in [0, 0.05) is 18.6 Å². The molecule has 0 spiro atoms. The molecule has 3 rings (SSSR count). The Bertz CT molecular complexity index is 682. The Balaban J connectivity index is 1.88. The summed E-state index contributed by atoms with van der Waals surface area (Å²) in [5, 5.41) is 8.19. The van der Waals surface area contributed by atoms with E-state index in [9.17, 15) is 0 Å². The van der Waals surface area contributed by atoms with Crippen LogP contribution in [0.1, 0.15) is 5.69 Å². The maximum atomic E-state index is 6.28. The first-order valence-electron chi connectivity index (χ1n) is 6.12. The predicted molar refractivity (Wildman–Crippen MR) is 77.9 cm³/mol. The average molecular weight is 286 g/mol. The van der Waals surface area contributed by atoms with Crippen LogP contribution in [0.25, 0.3) is 5.69 Å². The average Bonchev–Trinajstić information content (AvgIpc) is 3.00. The molecular formula is C14H12ClN5. The van der Waals surface area contributed by atoms with Crippen molar-refractivity contribution < 1.29 is 0 Å². The van der Waals surface area contributed by atoms with Gasteiger partial charge in [0.05, 0.1) is 22.9 Å². The van der Waals surface area contributed by atoms with Gasteiger partial charge in [0.1, 0.15) is 12.0 Å². The van der Waals surface area contributed by atoms with Crippen LogP contribution in [-0.2, 0) is 6.54 Å². The van der Waals surface area contributed by atoms with Crippen molar-refractivity contribution in [3.05, 3.63) is 66.0 Å². The molecule has 0 unspecified atom stereocenters. The van der Waals surface area contributed by atoms with E-state index in [0.29, 0.717) is 11.6 Å². The summed E-state index contributed by atoms with van der Waals surface area (Å²) < 4.78 is 1.74. The van der Waals surface area contributed by atoms with Crippen LogP contribution in [0.15, 0.2) is 55.2 Å². The van der Waals surface area contributed by atoms with Gasteiger partial charge in [0.25, 0.3) is 0 Å². The highest BCUT2D eigenvalue weighted by atomic mass is 35.5. The lowest BCUT2D eigenvalue weighted by molar-refractivity contribution is 0.878. The molecule has 0 aliphatic rings. The van der Waals surface area contributed by atoms with E-state index in [4.69, 9.17) is 11.6 Å². The number of aromatic nitrogens is 4. The van der Waals surface area contributed by atoms with E-state index in [0.717, 1.165) is 17.1 Å². The summed E-state index contributed by atoms with van der Waals surface area (Å²) in [5.41, 5.74) is 2.64. The van der Waals surface area contributed by atoms with E-state index in [2.05, 4.69) is 20.4 Å². The minimum Gasteiger partial charge on any atom is -0.378 e. The molecule has 0 amide bonds. The number of nitrogens with one attached hydrogen (secondary N) is 1. The van der Waals surface area contributed by atoms with Gasteiger partial charge < -0.3 is 5.32 Å². The molecule has 0 saturated heterocycles. The second-order valence-electron chi connectivity index (χ2n) is 4.14. The molecule has 0 aliphatic heterocycles. The largest absolute Gasteiger partial charge is 0.378 e. The molecule has 0 fully saturated rings. The zero-order chi connectivity index (χ0) is 13.8. The van der Waals surface area contributed by atoms with Crippen LogP contribution < -0.4 is 5.32 Å². The van der Waals surface area contributed by atoms with E-state index in [-0.39, 0.29) is 0 Å². The molecule has 6 heteroatoms. The molecule has 1 aromatic carbocycles. The van der Waals surface area contributed by atoms with Crippen molar-refractivity contribution in [3.63, 3.8) is 0 Å². The monoisotopic (exact) mass is 285 g/mol. The fourth-order valence-electron chi connectivity index (χ4n) is 1.90. The first-order chi connectivity index (χ1) is 9.84. The summed E-state index contributed by atoms with van der Waals surface area (Å²) >= 11 is 6.28. The smallest absolute Gasteiger partial charge is 0.115 e. The molecule has 100 valence electrons. The molecule has 0 bridgehead atoms. The summed E-state index contributed by atoms with van der Waals surface area (Å²) in [4.78, 5) is 8.08. The molecule has 2 heterocycles. The molecule has 5 nitrogen and oxygen atoms in total. The quantitative estimate of drug-likeness (QED) is 0.801. The van der Waals surface area contributed by atoms with Crippen molar-refractivity contribution in [1.82, 2.24) is 19.7 Å². The topological polar surface area (TPSA) is 55.6 Å². The number of nitrogens with zero attached hydrogens (tertiary/aromatic N) is 4. The van der Waals surface area contributed by atoms with E-state index in [1.165, 1.54) is 6.33 Å². The number of halogens is 1. The van der Waals surface area contributed by atoms with Gasteiger partial charge in [0.15, 0.2) is 0 Å². The van der Waals surface area contributed by atoms with E-state index >= 15 is 0 Å². The second kappa shape index (κ2) is 5.71. The number of para-hydroxylation sites is 1. The van der Waals surface area contributed by atoms with Crippen molar-refractivity contribution in [1.29, 1.82) is 0 Å². The van der Waals surface area contributed by atoms with Gasteiger partial charge in [-0.15, -0.1) is 0 Å². The Morgan fingerprint density at radius 3 is 2.85 bits per heavy atom. The summed E-state index contributed by atoms with van der Waals surface area (Å²) in [6.07, 6.45) is 6.83. The van der Waals surface area contributed by atoms with Crippen LogP contribution in [0.4, 0.5) is 5.69 Å². The van der Waals surface area contributed by atoms with Crippen LogP contribution in [-0.4, -0.2) is 19.7 Å². The van der Waals surface area contributed by atoms with Gasteiger partial charge in [-0.2, -0.15) is 5.10 Å². The highest BCUT2D eigenvalue weighted by molar-refractivity contribution is 6.33. The lowest BCUT2D eigenvalue weighted by Crippen LogP contribution is -2.06. The number of hydrogen-bond donors (Lipinski definition) is 1. The molecule has 1 N–H and O–H groups in total. The number of rotatable bonds is 4.